The molecule has 0 radical (unpaired) electrons. The molecule has 0 aromatic carbocycles. The Morgan fingerprint density at radius 2 is 2.03 bits per heavy atom. The summed E-state index contributed by atoms with van der Waals surface area (Å²) in [6.07, 6.45) is 0.882. The fourth-order valence-electron chi connectivity index (χ4n) is 2.88. The molecule has 3 rings (SSSR count). The van der Waals surface area contributed by atoms with E-state index in [4.69, 9.17) is 25.5 Å². The van der Waals surface area contributed by atoms with Crippen molar-refractivity contribution in [2.45, 2.75) is 59.2 Å². The van der Waals surface area contributed by atoms with Gasteiger partial charge in [-0.3, -0.25) is 0 Å². The van der Waals surface area contributed by atoms with Gasteiger partial charge in [-0.2, -0.15) is 4.98 Å². The zero-order valence-corrected chi connectivity index (χ0v) is 20.0. The number of thiophene rings is 1. The number of aryl methyl sites for hydroxylation is 1. The Bertz CT molecular complexity index is 1110. The Balaban J connectivity index is 1.73. The largest absolute Gasteiger partial charge is 0.467 e. The molecule has 2 N–H and O–H groups in total. The quantitative estimate of drug-likeness (QED) is 0.477. The molecule has 0 fully saturated rings. The van der Waals surface area contributed by atoms with Crippen LogP contribution in [0, 0.1) is 6.92 Å². The summed E-state index contributed by atoms with van der Waals surface area (Å²) in [5.74, 6) is 0.664. The standard InChI is InChI=1S/C21H25ClN4O5S/c1-11(24-20(28)31-21(3,4)5)9-14-12(2)15-16(32-14)17(26-18(22)25-15)30-19(27)23-10-13-7-6-8-29-13/h6-8,11H,9-10H2,1-5H3,(H,23,27)(H,24,28). The van der Waals surface area contributed by atoms with E-state index in [1.165, 1.54) is 17.6 Å². The predicted molar refractivity (Wildman–Crippen MR) is 121 cm³/mol. The van der Waals surface area contributed by atoms with Crippen molar-refractivity contribution in [3.05, 3.63) is 39.9 Å². The van der Waals surface area contributed by atoms with Crippen LogP contribution >= 0.6 is 22.9 Å². The van der Waals surface area contributed by atoms with Crippen LogP contribution in [-0.2, 0) is 17.7 Å². The van der Waals surface area contributed by atoms with Gasteiger partial charge in [0.2, 0.25) is 11.2 Å². The minimum absolute atomic E-state index is 0.0290. The monoisotopic (exact) mass is 480 g/mol. The molecular weight excluding hydrogens is 456 g/mol. The molecule has 0 bridgehead atoms. The smallest absolute Gasteiger partial charge is 0.414 e. The van der Waals surface area contributed by atoms with E-state index >= 15 is 0 Å². The lowest BCUT2D eigenvalue weighted by Crippen LogP contribution is -2.38. The van der Waals surface area contributed by atoms with Crippen LogP contribution in [0.15, 0.2) is 22.8 Å². The van der Waals surface area contributed by atoms with E-state index in [1.54, 1.807) is 12.1 Å². The molecular formula is C21H25ClN4O5S. The molecule has 9 nitrogen and oxygen atoms in total. The summed E-state index contributed by atoms with van der Waals surface area (Å²) >= 11 is 7.45. The summed E-state index contributed by atoms with van der Waals surface area (Å²) in [6.45, 7) is 9.38. The normalized spacial score (nSPS) is 12.4. The van der Waals surface area contributed by atoms with E-state index in [0.29, 0.717) is 22.4 Å². The van der Waals surface area contributed by atoms with Gasteiger partial charge in [-0.15, -0.1) is 11.3 Å². The van der Waals surface area contributed by atoms with Crippen molar-refractivity contribution >= 4 is 45.3 Å². The number of fused-ring (bicyclic) bond motifs is 1. The van der Waals surface area contributed by atoms with Crippen LogP contribution in [0.2, 0.25) is 5.28 Å². The fraction of sp³-hybridized carbons (Fsp3) is 0.429. The highest BCUT2D eigenvalue weighted by molar-refractivity contribution is 7.19. The average Bonchev–Trinajstić information content (AvgIpc) is 3.28. The summed E-state index contributed by atoms with van der Waals surface area (Å²) < 4.78 is 16.5. The average molecular weight is 481 g/mol. The van der Waals surface area contributed by atoms with E-state index in [-0.39, 0.29) is 23.8 Å². The van der Waals surface area contributed by atoms with Crippen molar-refractivity contribution in [3.63, 3.8) is 0 Å². The van der Waals surface area contributed by atoms with Gasteiger partial charge in [0, 0.05) is 17.3 Å². The zero-order chi connectivity index (χ0) is 23.5. The number of amides is 2. The lowest BCUT2D eigenvalue weighted by Gasteiger charge is -2.21. The molecule has 3 heterocycles. The van der Waals surface area contributed by atoms with Crippen LogP contribution in [0.3, 0.4) is 0 Å². The lowest BCUT2D eigenvalue weighted by molar-refractivity contribution is 0.0508. The van der Waals surface area contributed by atoms with Crippen LogP contribution in [-0.4, -0.2) is 33.8 Å². The molecule has 3 aromatic heterocycles. The first-order valence-corrected chi connectivity index (χ1v) is 11.1. The van der Waals surface area contributed by atoms with Gasteiger partial charge in [0.15, 0.2) is 0 Å². The number of carbonyl (C=O) groups is 2. The summed E-state index contributed by atoms with van der Waals surface area (Å²) in [7, 11) is 0. The molecule has 3 aromatic rings. The number of hydrogen-bond acceptors (Lipinski definition) is 8. The summed E-state index contributed by atoms with van der Waals surface area (Å²) in [4.78, 5) is 33.6. The van der Waals surface area contributed by atoms with Gasteiger partial charge in [0.05, 0.1) is 18.3 Å². The van der Waals surface area contributed by atoms with Crippen molar-refractivity contribution in [1.29, 1.82) is 0 Å². The van der Waals surface area contributed by atoms with Gasteiger partial charge in [-0.1, -0.05) is 0 Å². The topological polar surface area (TPSA) is 116 Å². The fourth-order valence-corrected chi connectivity index (χ4v) is 4.34. The number of nitrogens with zero attached hydrogens (tertiary/aromatic N) is 2. The van der Waals surface area contributed by atoms with E-state index < -0.39 is 17.8 Å². The molecule has 11 heteroatoms. The van der Waals surface area contributed by atoms with Crippen molar-refractivity contribution < 1.29 is 23.5 Å². The third-order valence-corrected chi connectivity index (χ3v) is 5.70. The van der Waals surface area contributed by atoms with Crippen LogP contribution in [0.25, 0.3) is 10.2 Å². The van der Waals surface area contributed by atoms with Crippen molar-refractivity contribution in [2.75, 3.05) is 0 Å². The SMILES string of the molecule is Cc1c(CC(C)NC(=O)OC(C)(C)C)sc2c(OC(=O)NCc3ccco3)nc(Cl)nc12. The first-order valence-electron chi connectivity index (χ1n) is 9.95. The molecule has 0 aliphatic rings. The Morgan fingerprint density at radius 3 is 2.69 bits per heavy atom. The van der Waals surface area contributed by atoms with Crippen LogP contribution in [0.1, 0.15) is 43.9 Å². The highest BCUT2D eigenvalue weighted by Crippen LogP contribution is 2.36. The molecule has 0 spiro atoms. The van der Waals surface area contributed by atoms with Crippen molar-refractivity contribution in [1.82, 2.24) is 20.6 Å². The third-order valence-electron chi connectivity index (χ3n) is 4.24. The summed E-state index contributed by atoms with van der Waals surface area (Å²) in [5.41, 5.74) is 0.907. The van der Waals surface area contributed by atoms with Gasteiger partial charge in [-0.05, 0) is 63.9 Å². The van der Waals surface area contributed by atoms with Gasteiger partial charge in [0.1, 0.15) is 16.1 Å². The maximum atomic E-state index is 12.2. The number of nitrogens with one attached hydrogen (secondary N) is 2. The maximum absolute atomic E-state index is 12.2. The van der Waals surface area contributed by atoms with Gasteiger partial charge < -0.3 is 24.5 Å². The van der Waals surface area contributed by atoms with Crippen molar-refractivity contribution in [2.24, 2.45) is 0 Å². The molecule has 2 amide bonds. The Labute approximate surface area is 194 Å². The molecule has 0 aliphatic carbocycles. The number of carbonyl (C=O) groups excluding carboxylic acids is 2. The highest BCUT2D eigenvalue weighted by atomic mass is 35.5. The summed E-state index contributed by atoms with van der Waals surface area (Å²) in [6, 6.07) is 3.27. The van der Waals surface area contributed by atoms with Crippen molar-refractivity contribution in [3.8, 4) is 5.88 Å². The Morgan fingerprint density at radius 1 is 1.28 bits per heavy atom. The van der Waals surface area contributed by atoms with E-state index in [1.807, 2.05) is 34.6 Å². The van der Waals surface area contributed by atoms with Gasteiger partial charge >= 0.3 is 12.2 Å². The number of aromatic nitrogens is 2. The van der Waals surface area contributed by atoms with Crippen LogP contribution in [0.4, 0.5) is 9.59 Å². The highest BCUT2D eigenvalue weighted by Gasteiger charge is 2.22. The third kappa shape index (κ3) is 6.33. The molecule has 172 valence electrons. The zero-order valence-electron chi connectivity index (χ0n) is 18.4. The molecule has 0 aliphatic heterocycles. The maximum Gasteiger partial charge on any atom is 0.414 e. The number of halogens is 1. The minimum Gasteiger partial charge on any atom is -0.467 e. The molecule has 1 atom stereocenters. The second-order valence-corrected chi connectivity index (χ2v) is 9.64. The minimum atomic E-state index is -0.690. The van der Waals surface area contributed by atoms with E-state index in [9.17, 15) is 9.59 Å². The number of hydrogen-bond donors (Lipinski definition) is 2. The molecule has 0 saturated heterocycles. The van der Waals surface area contributed by atoms with Crippen LogP contribution in [0.5, 0.6) is 5.88 Å². The summed E-state index contributed by atoms with van der Waals surface area (Å²) in [5, 5.41) is 5.39. The van der Waals surface area contributed by atoms with Gasteiger partial charge in [-0.25, -0.2) is 14.6 Å². The number of alkyl carbamates (subject to hydrolysis) is 1. The predicted octanol–water partition coefficient (Wildman–Crippen LogP) is 4.99. The second kappa shape index (κ2) is 9.74. The lowest BCUT2D eigenvalue weighted by atomic mass is 10.1. The number of furan rings is 1. The van der Waals surface area contributed by atoms with Crippen LogP contribution < -0.4 is 15.4 Å². The first-order chi connectivity index (χ1) is 15.0. The van der Waals surface area contributed by atoms with E-state index in [2.05, 4.69) is 20.6 Å². The van der Waals surface area contributed by atoms with Gasteiger partial charge in [0.25, 0.3) is 0 Å². The number of rotatable bonds is 6. The molecule has 1 unspecified atom stereocenters. The molecule has 32 heavy (non-hydrogen) atoms. The van der Waals surface area contributed by atoms with E-state index in [0.717, 1.165) is 10.4 Å². The molecule has 0 saturated carbocycles. The Hall–Kier alpha value is -2.85. The Kier molecular flexibility index (Phi) is 7.25. The first kappa shape index (κ1) is 23.8. The second-order valence-electron chi connectivity index (χ2n) is 8.20. The number of ether oxygens (including phenoxy) is 2.